The number of rotatable bonds is 5. The van der Waals surface area contributed by atoms with Gasteiger partial charge in [-0.2, -0.15) is 0 Å². The first kappa shape index (κ1) is 16.8. The first-order valence-electron chi connectivity index (χ1n) is 6.97. The van der Waals surface area contributed by atoms with Crippen molar-refractivity contribution in [3.8, 4) is 0 Å². The molecule has 0 aliphatic heterocycles. The number of hydrogen-bond acceptors (Lipinski definition) is 2. The minimum absolute atomic E-state index is 0.0408. The maximum atomic E-state index is 12.0. The van der Waals surface area contributed by atoms with Gasteiger partial charge in [0, 0.05) is 30.7 Å². The molecule has 0 aliphatic rings. The van der Waals surface area contributed by atoms with Crippen LogP contribution in [0.3, 0.4) is 0 Å². The molecule has 0 radical (unpaired) electrons. The number of amides is 1. The van der Waals surface area contributed by atoms with Crippen LogP contribution in [0.1, 0.15) is 12.0 Å². The Morgan fingerprint density at radius 2 is 1.86 bits per heavy atom. The molecule has 1 amide bonds. The van der Waals surface area contributed by atoms with Crippen molar-refractivity contribution in [3.63, 3.8) is 0 Å². The van der Waals surface area contributed by atoms with Gasteiger partial charge in [-0.1, -0.05) is 39.7 Å². The van der Waals surface area contributed by atoms with Gasteiger partial charge in [0.25, 0.3) is 0 Å². The maximum absolute atomic E-state index is 12.0. The molecule has 0 unspecified atom stereocenters. The van der Waals surface area contributed by atoms with Crippen molar-refractivity contribution in [1.82, 2.24) is 0 Å². The first-order chi connectivity index (χ1) is 10.5. The summed E-state index contributed by atoms with van der Waals surface area (Å²) >= 11 is 9.43. The van der Waals surface area contributed by atoms with Crippen molar-refractivity contribution in [1.29, 1.82) is 0 Å². The molecule has 0 spiro atoms. The van der Waals surface area contributed by atoms with Crippen LogP contribution >= 0.6 is 27.5 Å². The summed E-state index contributed by atoms with van der Waals surface area (Å²) in [6, 6.07) is 13.6. The van der Waals surface area contributed by atoms with Crippen molar-refractivity contribution < 1.29 is 4.79 Å². The number of benzene rings is 2. The lowest BCUT2D eigenvalue weighted by Crippen LogP contribution is -2.12. The second kappa shape index (κ2) is 7.65. The lowest BCUT2D eigenvalue weighted by atomic mass is 10.1. The van der Waals surface area contributed by atoms with Crippen molar-refractivity contribution in [2.45, 2.75) is 12.8 Å². The third kappa shape index (κ3) is 4.75. The molecule has 0 atom stereocenters. The van der Waals surface area contributed by atoms with Crippen LogP contribution < -0.4 is 10.2 Å². The molecule has 116 valence electrons. The predicted molar refractivity (Wildman–Crippen MR) is 96.9 cm³/mol. The van der Waals surface area contributed by atoms with E-state index in [4.69, 9.17) is 11.6 Å². The van der Waals surface area contributed by atoms with Gasteiger partial charge in [-0.15, -0.1) is 0 Å². The van der Waals surface area contributed by atoms with E-state index in [0.29, 0.717) is 23.6 Å². The number of anilines is 2. The molecule has 0 saturated carbocycles. The van der Waals surface area contributed by atoms with E-state index in [2.05, 4.69) is 45.5 Å². The van der Waals surface area contributed by atoms with Gasteiger partial charge in [-0.05, 0) is 42.3 Å². The quantitative estimate of drug-likeness (QED) is 0.811. The lowest BCUT2D eigenvalue weighted by molar-refractivity contribution is -0.116. The highest BCUT2D eigenvalue weighted by Crippen LogP contribution is 2.25. The summed E-state index contributed by atoms with van der Waals surface area (Å²) in [7, 11) is 4.01. The molecule has 0 saturated heterocycles. The molecule has 0 bridgehead atoms. The zero-order valence-corrected chi connectivity index (χ0v) is 14.9. The molecule has 0 aliphatic carbocycles. The van der Waals surface area contributed by atoms with Crippen molar-refractivity contribution in [3.05, 3.63) is 57.5 Å². The van der Waals surface area contributed by atoms with Gasteiger partial charge in [0.15, 0.2) is 0 Å². The van der Waals surface area contributed by atoms with Gasteiger partial charge >= 0.3 is 0 Å². The fraction of sp³-hybridized carbons (Fsp3) is 0.235. The van der Waals surface area contributed by atoms with Gasteiger partial charge in [0.05, 0.1) is 10.7 Å². The Morgan fingerprint density at radius 1 is 1.18 bits per heavy atom. The Morgan fingerprint density at radius 3 is 2.45 bits per heavy atom. The van der Waals surface area contributed by atoms with E-state index in [0.717, 1.165) is 15.7 Å². The van der Waals surface area contributed by atoms with E-state index < -0.39 is 0 Å². The largest absolute Gasteiger partial charge is 0.378 e. The lowest BCUT2D eigenvalue weighted by Gasteiger charge is -2.12. The van der Waals surface area contributed by atoms with E-state index in [9.17, 15) is 4.79 Å². The highest BCUT2D eigenvalue weighted by molar-refractivity contribution is 9.10. The Kier molecular flexibility index (Phi) is 5.86. The summed E-state index contributed by atoms with van der Waals surface area (Å²) in [5.74, 6) is -0.0408. The molecule has 0 aromatic heterocycles. The van der Waals surface area contributed by atoms with Crippen LogP contribution in [0.5, 0.6) is 0 Å². The molecule has 1 N–H and O–H groups in total. The SMILES string of the molecule is CN(C)c1ccc(CCC(=O)Nc2ccc(Br)cc2Cl)cc1. The average molecular weight is 382 g/mol. The molecular weight excluding hydrogens is 364 g/mol. The summed E-state index contributed by atoms with van der Waals surface area (Å²) in [4.78, 5) is 14.1. The summed E-state index contributed by atoms with van der Waals surface area (Å²) in [6.45, 7) is 0. The summed E-state index contributed by atoms with van der Waals surface area (Å²) in [5.41, 5.74) is 2.93. The van der Waals surface area contributed by atoms with Crippen LogP contribution in [0.15, 0.2) is 46.9 Å². The first-order valence-corrected chi connectivity index (χ1v) is 8.14. The highest BCUT2D eigenvalue weighted by atomic mass is 79.9. The molecule has 2 rings (SSSR count). The number of nitrogens with one attached hydrogen (secondary N) is 1. The molecule has 0 fully saturated rings. The van der Waals surface area contributed by atoms with Crippen molar-refractivity contribution >= 4 is 44.8 Å². The fourth-order valence-electron chi connectivity index (χ4n) is 2.02. The normalized spacial score (nSPS) is 10.4. The average Bonchev–Trinajstić information content (AvgIpc) is 2.48. The smallest absolute Gasteiger partial charge is 0.224 e. The summed E-state index contributed by atoms with van der Waals surface area (Å²) in [6.07, 6.45) is 1.13. The van der Waals surface area contributed by atoms with Crippen LogP contribution in [0.2, 0.25) is 5.02 Å². The second-order valence-corrected chi connectivity index (χ2v) is 6.56. The molecule has 0 heterocycles. The standard InChI is InChI=1S/C17H18BrClN2O/c1-21(2)14-7-3-12(4-8-14)5-10-17(22)20-16-9-6-13(18)11-15(16)19/h3-4,6-9,11H,5,10H2,1-2H3,(H,20,22). The van der Waals surface area contributed by atoms with Crippen LogP contribution in [-0.4, -0.2) is 20.0 Å². The topological polar surface area (TPSA) is 32.3 Å². The molecular formula is C17H18BrClN2O. The number of carbonyl (C=O) groups is 1. The number of carbonyl (C=O) groups excluding carboxylic acids is 1. The third-order valence-corrected chi connectivity index (χ3v) is 4.10. The van der Waals surface area contributed by atoms with Crippen molar-refractivity contribution in [2.24, 2.45) is 0 Å². The van der Waals surface area contributed by atoms with E-state index in [-0.39, 0.29) is 5.91 Å². The molecule has 5 heteroatoms. The third-order valence-electron chi connectivity index (χ3n) is 3.30. The van der Waals surface area contributed by atoms with E-state index in [1.54, 1.807) is 12.1 Å². The predicted octanol–water partition coefficient (Wildman–Crippen LogP) is 4.74. The van der Waals surface area contributed by atoms with Gasteiger partial charge in [0.2, 0.25) is 5.91 Å². The highest BCUT2D eigenvalue weighted by Gasteiger charge is 2.07. The molecule has 2 aromatic rings. The second-order valence-electron chi connectivity index (χ2n) is 5.23. The Bertz CT molecular complexity index is 656. The van der Waals surface area contributed by atoms with E-state index in [1.807, 2.05) is 25.1 Å². The van der Waals surface area contributed by atoms with E-state index in [1.165, 1.54) is 0 Å². The minimum atomic E-state index is -0.0408. The van der Waals surface area contributed by atoms with Gasteiger partial charge < -0.3 is 10.2 Å². The zero-order valence-electron chi connectivity index (χ0n) is 12.6. The zero-order chi connectivity index (χ0) is 16.1. The van der Waals surface area contributed by atoms with Crippen LogP contribution in [0, 0.1) is 0 Å². The Hall–Kier alpha value is -1.52. The van der Waals surface area contributed by atoms with Crippen LogP contribution in [0.25, 0.3) is 0 Å². The maximum Gasteiger partial charge on any atom is 0.224 e. The molecule has 22 heavy (non-hydrogen) atoms. The van der Waals surface area contributed by atoms with E-state index >= 15 is 0 Å². The minimum Gasteiger partial charge on any atom is -0.378 e. The van der Waals surface area contributed by atoms with Crippen LogP contribution in [0.4, 0.5) is 11.4 Å². The number of hydrogen-bond donors (Lipinski definition) is 1. The number of nitrogens with zero attached hydrogens (tertiary/aromatic N) is 1. The Labute approximate surface area is 144 Å². The molecule has 3 nitrogen and oxygen atoms in total. The number of halogens is 2. The van der Waals surface area contributed by atoms with Crippen LogP contribution in [-0.2, 0) is 11.2 Å². The number of aryl methyl sites for hydroxylation is 1. The van der Waals surface area contributed by atoms with Crippen molar-refractivity contribution in [2.75, 3.05) is 24.3 Å². The monoisotopic (exact) mass is 380 g/mol. The fourth-order valence-corrected chi connectivity index (χ4v) is 2.74. The van der Waals surface area contributed by atoms with Gasteiger partial charge in [-0.3, -0.25) is 4.79 Å². The molecule has 2 aromatic carbocycles. The van der Waals surface area contributed by atoms with Gasteiger partial charge in [0.1, 0.15) is 0 Å². The Balaban J connectivity index is 1.89. The summed E-state index contributed by atoms with van der Waals surface area (Å²) < 4.78 is 0.886. The summed E-state index contributed by atoms with van der Waals surface area (Å²) in [5, 5.41) is 3.36. The van der Waals surface area contributed by atoms with Gasteiger partial charge in [-0.25, -0.2) is 0 Å².